The SMILES string of the molecule is CCOC(=O)Cc1c(N)nc(NC)[nH]c1=O. The molecule has 0 unspecified atom stereocenters. The van der Waals surface area contributed by atoms with Crippen molar-refractivity contribution in [2.75, 3.05) is 24.7 Å². The fourth-order valence-electron chi connectivity index (χ4n) is 1.16. The summed E-state index contributed by atoms with van der Waals surface area (Å²) in [5, 5.41) is 2.65. The third kappa shape index (κ3) is 2.72. The van der Waals surface area contributed by atoms with Crippen LogP contribution in [0.15, 0.2) is 4.79 Å². The van der Waals surface area contributed by atoms with Crippen molar-refractivity contribution in [3.8, 4) is 0 Å². The number of hydrogen-bond donors (Lipinski definition) is 3. The van der Waals surface area contributed by atoms with Crippen molar-refractivity contribution in [2.24, 2.45) is 0 Å². The minimum Gasteiger partial charge on any atom is -0.466 e. The van der Waals surface area contributed by atoms with E-state index in [4.69, 9.17) is 10.5 Å². The summed E-state index contributed by atoms with van der Waals surface area (Å²) in [7, 11) is 1.60. The Hall–Kier alpha value is -2.05. The quantitative estimate of drug-likeness (QED) is 0.597. The zero-order valence-electron chi connectivity index (χ0n) is 9.16. The first-order chi connectivity index (χ1) is 7.58. The third-order valence-corrected chi connectivity index (χ3v) is 1.91. The highest BCUT2D eigenvalue weighted by Gasteiger charge is 2.13. The van der Waals surface area contributed by atoms with Crippen LogP contribution in [0.25, 0.3) is 0 Å². The van der Waals surface area contributed by atoms with Gasteiger partial charge in [-0.1, -0.05) is 0 Å². The molecule has 0 aromatic carbocycles. The number of aromatic nitrogens is 2. The summed E-state index contributed by atoms with van der Waals surface area (Å²) in [6.07, 6.45) is -0.175. The van der Waals surface area contributed by atoms with E-state index in [1.807, 2.05) is 0 Å². The molecule has 0 radical (unpaired) electrons. The van der Waals surface area contributed by atoms with Crippen LogP contribution < -0.4 is 16.6 Å². The zero-order chi connectivity index (χ0) is 12.1. The van der Waals surface area contributed by atoms with E-state index in [1.165, 1.54) is 0 Å². The van der Waals surface area contributed by atoms with Crippen LogP contribution in [0.1, 0.15) is 12.5 Å². The molecule has 0 aliphatic rings. The van der Waals surface area contributed by atoms with E-state index in [0.717, 1.165) is 0 Å². The van der Waals surface area contributed by atoms with Gasteiger partial charge in [-0.2, -0.15) is 4.98 Å². The Morgan fingerprint density at radius 1 is 1.62 bits per heavy atom. The molecule has 0 aliphatic heterocycles. The molecule has 7 heteroatoms. The minimum atomic E-state index is -0.501. The van der Waals surface area contributed by atoms with Gasteiger partial charge in [0.15, 0.2) is 0 Å². The number of nitrogens with zero attached hydrogens (tertiary/aromatic N) is 1. The molecule has 0 saturated carbocycles. The molecule has 0 aliphatic carbocycles. The van der Waals surface area contributed by atoms with E-state index in [0.29, 0.717) is 0 Å². The predicted octanol–water partition coefficient (Wildman–Crippen LogP) is -0.501. The van der Waals surface area contributed by atoms with E-state index in [2.05, 4.69) is 15.3 Å². The van der Waals surface area contributed by atoms with Crippen LogP contribution >= 0.6 is 0 Å². The van der Waals surface area contributed by atoms with Gasteiger partial charge in [-0.05, 0) is 6.92 Å². The molecule has 88 valence electrons. The van der Waals surface area contributed by atoms with E-state index in [-0.39, 0.29) is 30.4 Å². The van der Waals surface area contributed by atoms with Crippen LogP contribution in [0, 0.1) is 0 Å². The van der Waals surface area contributed by atoms with E-state index < -0.39 is 11.5 Å². The van der Waals surface area contributed by atoms with Crippen LogP contribution in [-0.2, 0) is 16.0 Å². The number of nitrogen functional groups attached to an aromatic ring is 1. The summed E-state index contributed by atoms with van der Waals surface area (Å²) in [4.78, 5) is 29.1. The molecule has 7 nitrogen and oxygen atoms in total. The lowest BCUT2D eigenvalue weighted by atomic mass is 10.2. The predicted molar refractivity (Wildman–Crippen MR) is 59.2 cm³/mol. The van der Waals surface area contributed by atoms with Crippen molar-refractivity contribution >= 4 is 17.7 Å². The number of H-pyrrole nitrogens is 1. The number of carbonyl (C=O) groups excluding carboxylic acids is 1. The number of nitrogens with one attached hydrogen (secondary N) is 2. The Bertz CT molecular complexity index is 441. The summed E-state index contributed by atoms with van der Waals surface area (Å²) >= 11 is 0. The Morgan fingerprint density at radius 2 is 2.31 bits per heavy atom. The molecule has 0 saturated heterocycles. The minimum absolute atomic E-state index is 0.0288. The second-order valence-electron chi connectivity index (χ2n) is 3.01. The molecule has 0 fully saturated rings. The van der Waals surface area contributed by atoms with Gasteiger partial charge in [-0.15, -0.1) is 0 Å². The van der Waals surface area contributed by atoms with Gasteiger partial charge in [0.25, 0.3) is 5.56 Å². The lowest BCUT2D eigenvalue weighted by molar-refractivity contribution is -0.142. The van der Waals surface area contributed by atoms with Crippen molar-refractivity contribution in [1.29, 1.82) is 0 Å². The van der Waals surface area contributed by atoms with Crippen molar-refractivity contribution in [3.05, 3.63) is 15.9 Å². The Balaban J connectivity index is 2.97. The fourth-order valence-corrected chi connectivity index (χ4v) is 1.16. The normalized spacial score (nSPS) is 9.88. The summed E-state index contributed by atoms with van der Waals surface area (Å²) in [5.41, 5.74) is 5.25. The maximum Gasteiger partial charge on any atom is 0.310 e. The largest absolute Gasteiger partial charge is 0.466 e. The number of esters is 1. The average Bonchev–Trinajstić information content (AvgIpc) is 2.23. The monoisotopic (exact) mass is 226 g/mol. The molecular formula is C9H14N4O3. The van der Waals surface area contributed by atoms with Crippen LogP contribution in [-0.4, -0.2) is 29.6 Å². The van der Waals surface area contributed by atoms with E-state index >= 15 is 0 Å². The first-order valence-corrected chi connectivity index (χ1v) is 4.80. The maximum absolute atomic E-state index is 11.5. The van der Waals surface area contributed by atoms with Crippen LogP contribution in [0.5, 0.6) is 0 Å². The molecule has 1 heterocycles. The molecule has 0 atom stereocenters. The first kappa shape index (κ1) is 12.0. The van der Waals surface area contributed by atoms with Crippen molar-refractivity contribution < 1.29 is 9.53 Å². The number of ether oxygens (including phenoxy) is 1. The topological polar surface area (TPSA) is 110 Å². The highest BCUT2D eigenvalue weighted by molar-refractivity contribution is 5.74. The molecule has 1 aromatic rings. The van der Waals surface area contributed by atoms with Gasteiger partial charge >= 0.3 is 5.97 Å². The van der Waals surface area contributed by atoms with Gasteiger partial charge in [0, 0.05) is 7.05 Å². The van der Waals surface area contributed by atoms with Gasteiger partial charge in [0.05, 0.1) is 18.6 Å². The molecule has 0 bridgehead atoms. The maximum atomic E-state index is 11.5. The number of nitrogens with two attached hydrogens (primary N) is 1. The summed E-state index contributed by atoms with van der Waals surface area (Å²) in [5.74, 6) is -0.213. The Labute approximate surface area is 92.0 Å². The van der Waals surface area contributed by atoms with Gasteiger partial charge in [0.1, 0.15) is 5.82 Å². The Morgan fingerprint density at radius 3 is 2.81 bits per heavy atom. The van der Waals surface area contributed by atoms with Gasteiger partial charge in [0.2, 0.25) is 5.95 Å². The number of carbonyl (C=O) groups is 1. The highest BCUT2D eigenvalue weighted by Crippen LogP contribution is 2.06. The lowest BCUT2D eigenvalue weighted by Gasteiger charge is -2.05. The molecule has 4 N–H and O–H groups in total. The molecule has 0 spiro atoms. The number of aromatic amines is 1. The number of hydrogen-bond acceptors (Lipinski definition) is 6. The van der Waals surface area contributed by atoms with Gasteiger partial charge in [-0.3, -0.25) is 14.6 Å². The smallest absolute Gasteiger partial charge is 0.310 e. The molecular weight excluding hydrogens is 212 g/mol. The average molecular weight is 226 g/mol. The number of rotatable bonds is 4. The van der Waals surface area contributed by atoms with Crippen molar-refractivity contribution in [2.45, 2.75) is 13.3 Å². The van der Waals surface area contributed by atoms with Gasteiger partial charge < -0.3 is 15.8 Å². The van der Waals surface area contributed by atoms with Crippen molar-refractivity contribution in [3.63, 3.8) is 0 Å². The standard InChI is InChI=1S/C9H14N4O3/c1-3-16-6(14)4-5-7(10)12-9(11-2)13-8(5)15/h3-4H2,1-2H3,(H4,10,11,12,13,15). The second-order valence-corrected chi connectivity index (χ2v) is 3.01. The molecule has 0 amide bonds. The summed E-state index contributed by atoms with van der Waals surface area (Å²) < 4.78 is 4.72. The van der Waals surface area contributed by atoms with E-state index in [9.17, 15) is 9.59 Å². The third-order valence-electron chi connectivity index (χ3n) is 1.91. The zero-order valence-corrected chi connectivity index (χ0v) is 9.16. The van der Waals surface area contributed by atoms with Crippen LogP contribution in [0.4, 0.5) is 11.8 Å². The number of anilines is 2. The van der Waals surface area contributed by atoms with Crippen LogP contribution in [0.3, 0.4) is 0 Å². The van der Waals surface area contributed by atoms with Gasteiger partial charge in [-0.25, -0.2) is 0 Å². The summed E-state index contributed by atoms with van der Waals surface area (Å²) in [6, 6.07) is 0. The highest BCUT2D eigenvalue weighted by atomic mass is 16.5. The fraction of sp³-hybridized carbons (Fsp3) is 0.444. The van der Waals surface area contributed by atoms with Crippen molar-refractivity contribution in [1.82, 2.24) is 9.97 Å². The molecule has 16 heavy (non-hydrogen) atoms. The van der Waals surface area contributed by atoms with Crippen LogP contribution in [0.2, 0.25) is 0 Å². The second kappa shape index (κ2) is 5.15. The molecule has 1 rings (SSSR count). The first-order valence-electron chi connectivity index (χ1n) is 4.80. The lowest BCUT2D eigenvalue weighted by Crippen LogP contribution is -2.22. The Kier molecular flexibility index (Phi) is 3.87. The molecule has 1 aromatic heterocycles. The summed E-state index contributed by atoms with van der Waals surface area (Å²) in [6.45, 7) is 1.95. The van der Waals surface area contributed by atoms with E-state index in [1.54, 1.807) is 14.0 Å².